The molecule has 5 heteroatoms. The van der Waals surface area contributed by atoms with Crippen LogP contribution in [0, 0.1) is 0 Å². The normalized spacial score (nSPS) is 16.2. The number of nitrogens with zero attached hydrogens (tertiary/aromatic N) is 5. The van der Waals surface area contributed by atoms with Crippen LogP contribution in [-0.2, 0) is 6.42 Å². The van der Waals surface area contributed by atoms with Crippen LogP contribution < -0.4 is 4.90 Å². The fourth-order valence-corrected chi connectivity index (χ4v) is 3.18. The van der Waals surface area contributed by atoms with E-state index < -0.39 is 0 Å². The van der Waals surface area contributed by atoms with Crippen molar-refractivity contribution in [3.63, 3.8) is 0 Å². The molecule has 0 saturated carbocycles. The van der Waals surface area contributed by atoms with Crippen LogP contribution in [0.1, 0.15) is 32.4 Å². The minimum atomic E-state index is 0.736. The summed E-state index contributed by atoms with van der Waals surface area (Å²) in [5.74, 6) is 1.78. The standard InChI is InChI=1S/C19H27N5/c1-3-10-23-11-7-12-24(14-13-23)18-15-16(4-2)21-19(22-18)17-8-5-6-9-20-17/h5-6,8-9,15H,3-4,7,10-14H2,1-2H3. The van der Waals surface area contributed by atoms with Gasteiger partial charge in [0.2, 0.25) is 0 Å². The summed E-state index contributed by atoms with van der Waals surface area (Å²) < 4.78 is 0. The lowest BCUT2D eigenvalue weighted by Gasteiger charge is -2.23. The number of aromatic nitrogens is 3. The van der Waals surface area contributed by atoms with E-state index >= 15 is 0 Å². The number of hydrogen-bond donors (Lipinski definition) is 0. The summed E-state index contributed by atoms with van der Waals surface area (Å²) in [6, 6.07) is 8.02. The van der Waals surface area contributed by atoms with Gasteiger partial charge in [0.25, 0.3) is 0 Å². The first-order valence-electron chi connectivity index (χ1n) is 9.06. The van der Waals surface area contributed by atoms with Gasteiger partial charge in [-0.3, -0.25) is 4.98 Å². The number of rotatable bonds is 5. The maximum atomic E-state index is 4.82. The fraction of sp³-hybridized carbons (Fsp3) is 0.526. The Morgan fingerprint density at radius 1 is 1.04 bits per heavy atom. The molecule has 3 rings (SSSR count). The SMILES string of the molecule is CCCN1CCCN(c2cc(CC)nc(-c3ccccn3)n2)CC1. The van der Waals surface area contributed by atoms with Gasteiger partial charge >= 0.3 is 0 Å². The molecule has 0 spiro atoms. The van der Waals surface area contributed by atoms with Crippen LogP contribution in [0.3, 0.4) is 0 Å². The third-order valence-corrected chi connectivity index (χ3v) is 4.47. The Bertz CT molecular complexity index is 643. The largest absolute Gasteiger partial charge is 0.355 e. The molecule has 3 heterocycles. The Hall–Kier alpha value is -2.01. The van der Waals surface area contributed by atoms with Crippen molar-refractivity contribution in [2.45, 2.75) is 33.1 Å². The van der Waals surface area contributed by atoms with Crippen molar-refractivity contribution >= 4 is 5.82 Å². The highest BCUT2D eigenvalue weighted by molar-refractivity contribution is 5.53. The molecular weight excluding hydrogens is 298 g/mol. The summed E-state index contributed by atoms with van der Waals surface area (Å²) in [5, 5.41) is 0. The van der Waals surface area contributed by atoms with E-state index in [9.17, 15) is 0 Å². The third kappa shape index (κ3) is 4.09. The average molecular weight is 325 g/mol. The van der Waals surface area contributed by atoms with Crippen LogP contribution in [0.4, 0.5) is 5.82 Å². The van der Waals surface area contributed by atoms with Gasteiger partial charge in [-0.2, -0.15) is 0 Å². The molecule has 0 N–H and O–H groups in total. The van der Waals surface area contributed by atoms with Gasteiger partial charge in [0.15, 0.2) is 5.82 Å². The smallest absolute Gasteiger partial charge is 0.180 e. The maximum Gasteiger partial charge on any atom is 0.180 e. The zero-order chi connectivity index (χ0) is 16.8. The van der Waals surface area contributed by atoms with Gasteiger partial charge in [-0.05, 0) is 44.5 Å². The van der Waals surface area contributed by atoms with Gasteiger partial charge in [0.05, 0.1) is 0 Å². The summed E-state index contributed by atoms with van der Waals surface area (Å²) in [4.78, 5) is 18.9. The number of anilines is 1. The monoisotopic (exact) mass is 325 g/mol. The van der Waals surface area contributed by atoms with Crippen LogP contribution in [0.15, 0.2) is 30.5 Å². The first-order chi connectivity index (χ1) is 11.8. The first-order valence-corrected chi connectivity index (χ1v) is 9.06. The Balaban J connectivity index is 1.85. The molecule has 0 radical (unpaired) electrons. The van der Waals surface area contributed by atoms with Crippen molar-refractivity contribution < 1.29 is 0 Å². The predicted molar refractivity (Wildman–Crippen MR) is 98.2 cm³/mol. The summed E-state index contributed by atoms with van der Waals surface area (Å²) in [7, 11) is 0. The molecular formula is C19H27N5. The molecule has 0 aliphatic carbocycles. The molecule has 24 heavy (non-hydrogen) atoms. The van der Waals surface area contributed by atoms with Crippen molar-refractivity contribution in [2.75, 3.05) is 37.6 Å². The lowest BCUT2D eigenvalue weighted by molar-refractivity contribution is 0.294. The lowest BCUT2D eigenvalue weighted by atomic mass is 10.2. The van der Waals surface area contributed by atoms with Crippen molar-refractivity contribution in [1.82, 2.24) is 19.9 Å². The number of pyridine rings is 1. The molecule has 0 unspecified atom stereocenters. The molecule has 2 aromatic heterocycles. The zero-order valence-corrected chi connectivity index (χ0v) is 14.8. The molecule has 0 bridgehead atoms. The van der Waals surface area contributed by atoms with E-state index in [1.165, 1.54) is 25.9 Å². The van der Waals surface area contributed by atoms with Crippen molar-refractivity contribution in [3.05, 3.63) is 36.2 Å². The minimum absolute atomic E-state index is 0.736. The zero-order valence-electron chi connectivity index (χ0n) is 14.8. The molecule has 1 fully saturated rings. The van der Waals surface area contributed by atoms with Crippen molar-refractivity contribution in [2.24, 2.45) is 0 Å². The summed E-state index contributed by atoms with van der Waals surface area (Å²) in [6.07, 6.45) is 5.11. The highest BCUT2D eigenvalue weighted by atomic mass is 15.3. The molecule has 5 nitrogen and oxygen atoms in total. The Labute approximate surface area is 144 Å². The highest BCUT2D eigenvalue weighted by Gasteiger charge is 2.17. The van der Waals surface area contributed by atoms with E-state index in [4.69, 9.17) is 4.98 Å². The van der Waals surface area contributed by atoms with Gasteiger partial charge in [-0.25, -0.2) is 9.97 Å². The quantitative estimate of drug-likeness (QED) is 0.845. The third-order valence-electron chi connectivity index (χ3n) is 4.47. The lowest BCUT2D eigenvalue weighted by Crippen LogP contribution is -2.31. The van der Waals surface area contributed by atoms with Crippen LogP contribution in [-0.4, -0.2) is 52.6 Å². The summed E-state index contributed by atoms with van der Waals surface area (Å²) >= 11 is 0. The van der Waals surface area contributed by atoms with E-state index in [1.54, 1.807) is 6.20 Å². The van der Waals surface area contributed by atoms with Gasteiger partial charge in [-0.15, -0.1) is 0 Å². The van der Waals surface area contributed by atoms with Crippen LogP contribution in [0.5, 0.6) is 0 Å². The second-order valence-corrected chi connectivity index (χ2v) is 6.29. The molecule has 128 valence electrons. The van der Waals surface area contributed by atoms with E-state index in [2.05, 4.69) is 39.7 Å². The van der Waals surface area contributed by atoms with Crippen LogP contribution >= 0.6 is 0 Å². The number of hydrogen-bond acceptors (Lipinski definition) is 5. The van der Waals surface area contributed by atoms with E-state index in [0.717, 1.165) is 49.1 Å². The number of aryl methyl sites for hydroxylation is 1. The van der Waals surface area contributed by atoms with Crippen LogP contribution in [0.2, 0.25) is 0 Å². The second-order valence-electron chi connectivity index (χ2n) is 6.29. The Morgan fingerprint density at radius 2 is 1.96 bits per heavy atom. The van der Waals surface area contributed by atoms with E-state index in [1.807, 2.05) is 18.2 Å². The highest BCUT2D eigenvalue weighted by Crippen LogP contribution is 2.20. The molecule has 2 aromatic rings. The summed E-state index contributed by atoms with van der Waals surface area (Å²) in [6.45, 7) is 9.96. The Kier molecular flexibility index (Phi) is 5.75. The Morgan fingerprint density at radius 3 is 2.71 bits per heavy atom. The minimum Gasteiger partial charge on any atom is -0.355 e. The second kappa shape index (κ2) is 8.20. The molecule has 0 aromatic carbocycles. The van der Waals surface area contributed by atoms with Gasteiger partial charge in [0, 0.05) is 37.6 Å². The van der Waals surface area contributed by atoms with Gasteiger partial charge in [0.1, 0.15) is 11.5 Å². The van der Waals surface area contributed by atoms with Crippen molar-refractivity contribution in [1.29, 1.82) is 0 Å². The van der Waals surface area contributed by atoms with E-state index in [0.29, 0.717) is 0 Å². The average Bonchev–Trinajstić information content (AvgIpc) is 2.88. The topological polar surface area (TPSA) is 45.2 Å². The van der Waals surface area contributed by atoms with Gasteiger partial charge < -0.3 is 9.80 Å². The molecule has 0 atom stereocenters. The van der Waals surface area contributed by atoms with Crippen LogP contribution in [0.25, 0.3) is 11.5 Å². The van der Waals surface area contributed by atoms with Crippen molar-refractivity contribution in [3.8, 4) is 11.5 Å². The first kappa shape index (κ1) is 16.8. The van der Waals surface area contributed by atoms with E-state index in [-0.39, 0.29) is 0 Å². The molecule has 0 amide bonds. The van der Waals surface area contributed by atoms with Gasteiger partial charge in [-0.1, -0.05) is 19.9 Å². The summed E-state index contributed by atoms with van der Waals surface area (Å²) in [5.41, 5.74) is 1.92. The molecule has 1 saturated heterocycles. The molecule has 1 aliphatic heterocycles. The molecule has 1 aliphatic rings. The predicted octanol–water partition coefficient (Wildman–Crippen LogP) is 3.02. The maximum absolute atomic E-state index is 4.82. The fourth-order valence-electron chi connectivity index (χ4n) is 3.18.